The monoisotopic (exact) mass is 443 g/mol. The molecule has 1 amide bonds. The molecule has 0 saturated carbocycles. The van der Waals surface area contributed by atoms with Crippen molar-refractivity contribution in [2.24, 2.45) is 0 Å². The fourth-order valence-corrected chi connectivity index (χ4v) is 3.65. The number of Topliss-reactive ketones (excluding diaryl/α,β-unsaturated/α-hetero) is 1. The molecule has 1 aliphatic heterocycles. The van der Waals surface area contributed by atoms with Crippen molar-refractivity contribution in [2.75, 3.05) is 25.7 Å². The third kappa shape index (κ3) is 3.26. The second kappa shape index (κ2) is 7.66. The van der Waals surface area contributed by atoms with Crippen molar-refractivity contribution < 1.29 is 24.2 Å². The smallest absolute Gasteiger partial charge is 0.265 e. The van der Waals surface area contributed by atoms with E-state index in [1.807, 2.05) is 0 Å². The Morgan fingerprint density at radius 3 is 2.57 bits per heavy atom. The molecule has 1 N–H and O–H groups in total. The van der Waals surface area contributed by atoms with Crippen LogP contribution in [-0.4, -0.2) is 37.6 Å². The number of ketones is 1. The minimum Gasteiger partial charge on any atom is -0.493 e. The summed E-state index contributed by atoms with van der Waals surface area (Å²) in [6.45, 7) is 0.000322. The van der Waals surface area contributed by atoms with Crippen molar-refractivity contribution >= 4 is 33.3 Å². The molecule has 6 nitrogen and oxygen atoms in total. The van der Waals surface area contributed by atoms with E-state index in [-0.39, 0.29) is 6.54 Å². The van der Waals surface area contributed by atoms with E-state index in [2.05, 4.69) is 21.9 Å². The summed E-state index contributed by atoms with van der Waals surface area (Å²) in [7, 11) is 2.96. The number of ether oxygens (including phenoxy) is 2. The first kappa shape index (κ1) is 19.9. The van der Waals surface area contributed by atoms with Gasteiger partial charge in [0, 0.05) is 15.6 Å². The number of anilines is 1. The molecule has 7 heteroatoms. The number of aliphatic hydroxyl groups is 1. The number of terminal acetylenes is 1. The van der Waals surface area contributed by atoms with E-state index in [1.54, 1.807) is 30.3 Å². The van der Waals surface area contributed by atoms with Crippen LogP contribution in [0, 0.1) is 12.3 Å². The maximum Gasteiger partial charge on any atom is 0.265 e. The number of amides is 1. The Hall–Kier alpha value is -2.82. The van der Waals surface area contributed by atoms with Crippen molar-refractivity contribution in [1.29, 1.82) is 0 Å². The van der Waals surface area contributed by atoms with Gasteiger partial charge in [0.25, 0.3) is 5.91 Å². The van der Waals surface area contributed by atoms with Gasteiger partial charge in [-0.1, -0.05) is 21.9 Å². The van der Waals surface area contributed by atoms with E-state index in [0.717, 1.165) is 0 Å². The summed E-state index contributed by atoms with van der Waals surface area (Å²) >= 11 is 3.34. The van der Waals surface area contributed by atoms with Crippen molar-refractivity contribution in [1.82, 2.24) is 0 Å². The molecule has 0 aliphatic carbocycles. The first-order valence-electron chi connectivity index (χ1n) is 8.38. The van der Waals surface area contributed by atoms with Crippen LogP contribution in [0.5, 0.6) is 11.5 Å². The molecular formula is C21H18BrNO5. The van der Waals surface area contributed by atoms with Crippen LogP contribution in [0.1, 0.15) is 22.3 Å². The van der Waals surface area contributed by atoms with Crippen molar-refractivity contribution in [3.63, 3.8) is 0 Å². The molecule has 0 aromatic heterocycles. The number of benzene rings is 2. The molecule has 0 fully saturated rings. The Balaban J connectivity index is 1.99. The summed E-state index contributed by atoms with van der Waals surface area (Å²) in [5.74, 6) is 2.24. The number of fused-ring (bicyclic) bond motifs is 1. The molecule has 144 valence electrons. The average molecular weight is 444 g/mol. The lowest BCUT2D eigenvalue weighted by atomic mass is 9.88. The lowest BCUT2D eigenvalue weighted by molar-refractivity contribution is -0.135. The lowest BCUT2D eigenvalue weighted by Gasteiger charge is -2.22. The van der Waals surface area contributed by atoms with Crippen LogP contribution in [-0.2, 0) is 10.4 Å². The first-order chi connectivity index (χ1) is 13.3. The molecule has 2 aromatic carbocycles. The zero-order valence-corrected chi connectivity index (χ0v) is 16.9. The molecular weight excluding hydrogens is 426 g/mol. The highest BCUT2D eigenvalue weighted by Gasteiger charge is 2.50. The van der Waals surface area contributed by atoms with Gasteiger partial charge in [0.15, 0.2) is 22.9 Å². The van der Waals surface area contributed by atoms with Gasteiger partial charge in [-0.05, 0) is 36.4 Å². The van der Waals surface area contributed by atoms with Crippen LogP contribution >= 0.6 is 15.9 Å². The van der Waals surface area contributed by atoms with Crippen molar-refractivity contribution in [2.45, 2.75) is 12.0 Å². The second-order valence-electron chi connectivity index (χ2n) is 6.29. The number of carbonyl (C=O) groups excluding carboxylic acids is 2. The highest BCUT2D eigenvalue weighted by Crippen LogP contribution is 2.44. The van der Waals surface area contributed by atoms with Gasteiger partial charge in [-0.25, -0.2) is 0 Å². The maximum absolute atomic E-state index is 12.9. The zero-order chi connectivity index (χ0) is 20.5. The average Bonchev–Trinajstić information content (AvgIpc) is 2.89. The largest absolute Gasteiger partial charge is 0.493 e. The van der Waals surface area contributed by atoms with Gasteiger partial charge in [-0.2, -0.15) is 0 Å². The van der Waals surface area contributed by atoms with E-state index in [1.165, 1.54) is 25.2 Å². The van der Waals surface area contributed by atoms with Gasteiger partial charge in [0.2, 0.25) is 0 Å². The summed E-state index contributed by atoms with van der Waals surface area (Å²) < 4.78 is 11.1. The molecule has 0 spiro atoms. The number of hydrogen-bond acceptors (Lipinski definition) is 5. The van der Waals surface area contributed by atoms with Crippen LogP contribution < -0.4 is 14.4 Å². The summed E-state index contributed by atoms with van der Waals surface area (Å²) in [5.41, 5.74) is -0.865. The van der Waals surface area contributed by atoms with Crippen LogP contribution in [0.3, 0.4) is 0 Å². The van der Waals surface area contributed by atoms with Gasteiger partial charge < -0.3 is 14.6 Å². The Morgan fingerprint density at radius 1 is 1.21 bits per heavy atom. The van der Waals surface area contributed by atoms with Crippen molar-refractivity contribution in [3.05, 3.63) is 52.0 Å². The quantitative estimate of drug-likeness (QED) is 0.548. The maximum atomic E-state index is 12.9. The Morgan fingerprint density at radius 2 is 1.93 bits per heavy atom. The van der Waals surface area contributed by atoms with Crippen LogP contribution in [0.4, 0.5) is 5.69 Å². The SMILES string of the molecule is C#CCN1C(=O)[C@@](O)(CC(=O)c2ccc(OC)c(OC)c2)c2cc(Br)ccc21. The molecule has 0 saturated heterocycles. The summed E-state index contributed by atoms with van der Waals surface area (Å²) in [5, 5.41) is 11.2. The van der Waals surface area contributed by atoms with E-state index in [4.69, 9.17) is 15.9 Å². The van der Waals surface area contributed by atoms with Gasteiger partial charge in [0.1, 0.15) is 0 Å². The standard InChI is InChI=1S/C21H18BrNO5/c1-4-9-23-16-7-6-14(22)11-15(16)21(26,20(23)25)12-17(24)13-5-8-18(27-2)19(10-13)28-3/h1,5-8,10-11,26H,9,12H2,2-3H3/t21-/m1/s1. The molecule has 1 atom stereocenters. The molecule has 1 aliphatic rings. The van der Waals surface area contributed by atoms with Crippen LogP contribution in [0.15, 0.2) is 40.9 Å². The Bertz CT molecular complexity index is 997. The number of rotatable bonds is 6. The summed E-state index contributed by atoms with van der Waals surface area (Å²) in [6, 6.07) is 9.75. The third-order valence-electron chi connectivity index (χ3n) is 4.67. The second-order valence-corrected chi connectivity index (χ2v) is 7.20. The Labute approximate surface area is 171 Å². The number of carbonyl (C=O) groups is 2. The molecule has 3 rings (SSSR count). The highest BCUT2D eigenvalue weighted by atomic mass is 79.9. The molecule has 1 heterocycles. The summed E-state index contributed by atoms with van der Waals surface area (Å²) in [4.78, 5) is 27.2. The predicted molar refractivity (Wildman–Crippen MR) is 108 cm³/mol. The number of halogens is 1. The third-order valence-corrected chi connectivity index (χ3v) is 5.16. The van der Waals surface area contributed by atoms with Gasteiger partial charge in [-0.3, -0.25) is 14.5 Å². The molecule has 0 bridgehead atoms. The van der Waals surface area contributed by atoms with Crippen LogP contribution in [0.25, 0.3) is 0 Å². The van der Waals surface area contributed by atoms with E-state index >= 15 is 0 Å². The van der Waals surface area contributed by atoms with E-state index in [0.29, 0.717) is 32.8 Å². The van der Waals surface area contributed by atoms with Crippen molar-refractivity contribution in [3.8, 4) is 23.8 Å². The molecule has 0 unspecified atom stereocenters. The topological polar surface area (TPSA) is 76.1 Å². The minimum atomic E-state index is -2.00. The zero-order valence-electron chi connectivity index (χ0n) is 15.4. The van der Waals surface area contributed by atoms with E-state index < -0.39 is 23.7 Å². The summed E-state index contributed by atoms with van der Waals surface area (Å²) in [6.07, 6.45) is 4.95. The van der Waals surface area contributed by atoms with Gasteiger partial charge in [0.05, 0.1) is 32.9 Å². The van der Waals surface area contributed by atoms with Gasteiger partial charge in [-0.15, -0.1) is 6.42 Å². The Kier molecular flexibility index (Phi) is 5.45. The minimum absolute atomic E-state index is 0.000322. The lowest BCUT2D eigenvalue weighted by Crippen LogP contribution is -2.42. The molecule has 28 heavy (non-hydrogen) atoms. The first-order valence-corrected chi connectivity index (χ1v) is 9.18. The molecule has 2 aromatic rings. The fraction of sp³-hybridized carbons (Fsp3) is 0.238. The fourth-order valence-electron chi connectivity index (χ4n) is 3.29. The number of methoxy groups -OCH3 is 2. The number of hydrogen-bond donors (Lipinski definition) is 1. The predicted octanol–water partition coefficient (Wildman–Crippen LogP) is 2.91. The number of nitrogens with zero attached hydrogens (tertiary/aromatic N) is 1. The van der Waals surface area contributed by atoms with Crippen LogP contribution in [0.2, 0.25) is 0 Å². The van der Waals surface area contributed by atoms with Gasteiger partial charge >= 0.3 is 0 Å². The highest BCUT2D eigenvalue weighted by molar-refractivity contribution is 9.10. The normalized spacial score (nSPS) is 17.8. The van der Waals surface area contributed by atoms with E-state index in [9.17, 15) is 14.7 Å². The molecule has 0 radical (unpaired) electrons.